The Labute approximate surface area is 121 Å². The maximum Gasteiger partial charge on any atom is 0.305 e. The van der Waals surface area contributed by atoms with Gasteiger partial charge in [-0.2, -0.15) is 5.10 Å². The molecule has 2 rings (SSSR count). The van der Waals surface area contributed by atoms with Gasteiger partial charge in [-0.1, -0.05) is 0 Å². The number of carbonyl (C=O) groups excluding carboxylic acids is 1. The van der Waals surface area contributed by atoms with Crippen LogP contribution in [-0.4, -0.2) is 38.0 Å². The normalized spacial score (nSPS) is 10.7. The number of aromatic amines is 1. The van der Waals surface area contributed by atoms with E-state index in [1.165, 1.54) is 11.8 Å². The van der Waals surface area contributed by atoms with Crippen LogP contribution in [0, 0.1) is 20.8 Å². The van der Waals surface area contributed by atoms with Gasteiger partial charge in [0, 0.05) is 12.1 Å². The molecular weight excluding hydrogens is 274 g/mol. The molecular formula is C13H17N5O3. The Balaban J connectivity index is 2.36. The first kappa shape index (κ1) is 14.9. The van der Waals surface area contributed by atoms with Crippen molar-refractivity contribution in [1.82, 2.24) is 25.0 Å². The van der Waals surface area contributed by atoms with Crippen LogP contribution in [0.3, 0.4) is 0 Å². The monoisotopic (exact) mass is 291 g/mol. The van der Waals surface area contributed by atoms with Crippen molar-refractivity contribution in [2.45, 2.75) is 33.6 Å². The van der Waals surface area contributed by atoms with Crippen molar-refractivity contribution < 1.29 is 9.53 Å². The van der Waals surface area contributed by atoms with Crippen molar-refractivity contribution in [2.75, 3.05) is 7.11 Å². The molecule has 0 aliphatic rings. The first-order chi connectivity index (χ1) is 9.93. The number of esters is 1. The van der Waals surface area contributed by atoms with E-state index < -0.39 is 0 Å². The molecule has 0 aliphatic heterocycles. The largest absolute Gasteiger partial charge is 0.469 e. The van der Waals surface area contributed by atoms with E-state index in [0.717, 1.165) is 17.0 Å². The molecule has 0 saturated carbocycles. The Morgan fingerprint density at radius 2 is 1.95 bits per heavy atom. The van der Waals surface area contributed by atoms with Crippen molar-refractivity contribution in [1.29, 1.82) is 0 Å². The minimum Gasteiger partial charge on any atom is -0.469 e. The summed E-state index contributed by atoms with van der Waals surface area (Å²) in [5, 5.41) is 12.1. The molecule has 2 aromatic heterocycles. The number of nitrogens with zero attached hydrogens (tertiary/aromatic N) is 4. The van der Waals surface area contributed by atoms with E-state index in [1.54, 1.807) is 6.92 Å². The first-order valence-electron chi connectivity index (χ1n) is 6.50. The average Bonchev–Trinajstić information content (AvgIpc) is 2.74. The van der Waals surface area contributed by atoms with Crippen LogP contribution < -0.4 is 5.56 Å². The summed E-state index contributed by atoms with van der Waals surface area (Å²) in [5.74, 6) is -0.0133. The predicted octanol–water partition coefficient (Wildman–Crippen LogP) is 0.381. The van der Waals surface area contributed by atoms with E-state index in [1.807, 2.05) is 13.8 Å². The zero-order valence-corrected chi connectivity index (χ0v) is 12.4. The van der Waals surface area contributed by atoms with Gasteiger partial charge < -0.3 is 4.74 Å². The number of hydrogen-bond acceptors (Lipinski definition) is 6. The third kappa shape index (κ3) is 2.99. The van der Waals surface area contributed by atoms with Crippen molar-refractivity contribution in [2.24, 2.45) is 0 Å². The number of aryl methyl sites for hydroxylation is 2. The zero-order valence-electron chi connectivity index (χ0n) is 12.4. The highest BCUT2D eigenvalue weighted by Crippen LogP contribution is 2.17. The lowest BCUT2D eigenvalue weighted by molar-refractivity contribution is -0.140. The van der Waals surface area contributed by atoms with Gasteiger partial charge in [0.15, 0.2) is 0 Å². The van der Waals surface area contributed by atoms with Gasteiger partial charge in [0.05, 0.1) is 12.8 Å². The van der Waals surface area contributed by atoms with Crippen LogP contribution in [0.2, 0.25) is 0 Å². The summed E-state index contributed by atoms with van der Waals surface area (Å²) in [4.78, 5) is 25.5. The Morgan fingerprint density at radius 3 is 2.57 bits per heavy atom. The second kappa shape index (κ2) is 5.86. The number of ether oxygens (including phenoxy) is 1. The summed E-state index contributed by atoms with van der Waals surface area (Å²) in [6.07, 6.45) is 0.799. The number of hydrogen-bond donors (Lipinski definition) is 1. The maximum atomic E-state index is 11.6. The lowest BCUT2D eigenvalue weighted by Gasteiger charge is -2.04. The third-order valence-corrected chi connectivity index (χ3v) is 3.30. The fourth-order valence-electron chi connectivity index (χ4n) is 2.05. The number of rotatable bonds is 4. The van der Waals surface area contributed by atoms with E-state index in [2.05, 4.69) is 25.0 Å². The highest BCUT2D eigenvalue weighted by molar-refractivity contribution is 5.69. The second-order valence-corrected chi connectivity index (χ2v) is 4.70. The average molecular weight is 291 g/mol. The van der Waals surface area contributed by atoms with Crippen LogP contribution in [0.25, 0.3) is 5.95 Å². The molecule has 2 heterocycles. The highest BCUT2D eigenvalue weighted by atomic mass is 16.5. The lowest BCUT2D eigenvalue weighted by Crippen LogP contribution is -2.18. The molecule has 0 saturated heterocycles. The topological polar surface area (TPSA) is 103 Å². The van der Waals surface area contributed by atoms with E-state index in [0.29, 0.717) is 12.1 Å². The molecule has 8 nitrogen and oxygen atoms in total. The zero-order chi connectivity index (χ0) is 15.6. The summed E-state index contributed by atoms with van der Waals surface area (Å²) in [7, 11) is 1.36. The Kier molecular flexibility index (Phi) is 4.15. The van der Waals surface area contributed by atoms with Crippen molar-refractivity contribution in [3.63, 3.8) is 0 Å². The molecule has 0 bridgehead atoms. The molecule has 21 heavy (non-hydrogen) atoms. The van der Waals surface area contributed by atoms with E-state index in [4.69, 9.17) is 0 Å². The summed E-state index contributed by atoms with van der Waals surface area (Å²) < 4.78 is 6.16. The molecule has 112 valence electrons. The number of H-pyrrole nitrogens is 1. The van der Waals surface area contributed by atoms with Crippen molar-refractivity contribution in [3.8, 4) is 5.95 Å². The highest BCUT2D eigenvalue weighted by Gasteiger charge is 2.16. The fraction of sp³-hybridized carbons (Fsp3) is 0.462. The van der Waals surface area contributed by atoms with Crippen LogP contribution in [-0.2, 0) is 16.0 Å². The first-order valence-corrected chi connectivity index (χ1v) is 6.50. The number of carbonyl (C=O) groups is 1. The SMILES string of the molecule is COC(=O)CCc1c(C)nn(-c2nnc(C)c(=O)[nH]2)c1C. The molecule has 0 aliphatic carbocycles. The van der Waals surface area contributed by atoms with Gasteiger partial charge in [-0.3, -0.25) is 14.6 Å². The molecule has 2 aromatic rings. The molecule has 0 aromatic carbocycles. The van der Waals surface area contributed by atoms with Crippen LogP contribution in [0.1, 0.15) is 29.1 Å². The van der Waals surface area contributed by atoms with Crippen LogP contribution >= 0.6 is 0 Å². The summed E-state index contributed by atoms with van der Waals surface area (Å²) in [6.45, 7) is 5.28. The maximum absolute atomic E-state index is 11.6. The third-order valence-electron chi connectivity index (χ3n) is 3.30. The van der Waals surface area contributed by atoms with Gasteiger partial charge in [-0.25, -0.2) is 4.68 Å². The number of methoxy groups -OCH3 is 1. The Hall–Kier alpha value is -2.51. The lowest BCUT2D eigenvalue weighted by atomic mass is 10.1. The minimum absolute atomic E-state index is 0.260. The molecule has 0 atom stereocenters. The van der Waals surface area contributed by atoms with E-state index >= 15 is 0 Å². The summed E-state index contributed by atoms with van der Waals surface area (Å²) in [5.41, 5.74) is 2.52. The Bertz CT molecular complexity index is 732. The molecule has 0 spiro atoms. The minimum atomic E-state index is -0.302. The van der Waals surface area contributed by atoms with Crippen molar-refractivity contribution in [3.05, 3.63) is 33.0 Å². The van der Waals surface area contributed by atoms with Crippen molar-refractivity contribution >= 4 is 5.97 Å². The predicted molar refractivity (Wildman–Crippen MR) is 74.3 cm³/mol. The van der Waals surface area contributed by atoms with E-state index in [-0.39, 0.29) is 23.9 Å². The van der Waals surface area contributed by atoms with Crippen LogP contribution in [0.5, 0.6) is 0 Å². The number of aromatic nitrogens is 5. The second-order valence-electron chi connectivity index (χ2n) is 4.70. The smallest absolute Gasteiger partial charge is 0.305 e. The molecule has 0 radical (unpaired) electrons. The van der Waals surface area contributed by atoms with Crippen LogP contribution in [0.4, 0.5) is 0 Å². The standard InChI is InChI=1S/C13H17N5O3/c1-7-10(5-6-11(19)21-4)9(3)18(17-7)13-14-12(20)8(2)15-16-13/h5-6H2,1-4H3,(H,14,16,20). The molecule has 8 heteroatoms. The molecule has 0 unspecified atom stereocenters. The van der Waals surface area contributed by atoms with E-state index in [9.17, 15) is 9.59 Å². The number of nitrogens with one attached hydrogen (secondary N) is 1. The van der Waals surface area contributed by atoms with Gasteiger partial charge in [0.25, 0.3) is 11.5 Å². The van der Waals surface area contributed by atoms with Gasteiger partial charge in [-0.05, 0) is 32.8 Å². The summed E-state index contributed by atoms with van der Waals surface area (Å²) in [6, 6.07) is 0. The van der Waals surface area contributed by atoms with Gasteiger partial charge in [-0.15, -0.1) is 10.2 Å². The van der Waals surface area contributed by atoms with Gasteiger partial charge in [0.2, 0.25) is 0 Å². The molecule has 0 amide bonds. The van der Waals surface area contributed by atoms with Crippen LogP contribution in [0.15, 0.2) is 4.79 Å². The summed E-state index contributed by atoms with van der Waals surface area (Å²) >= 11 is 0. The molecule has 1 N–H and O–H groups in total. The quantitative estimate of drug-likeness (QED) is 0.817. The molecule has 0 fully saturated rings. The van der Waals surface area contributed by atoms with Gasteiger partial charge in [0.1, 0.15) is 5.69 Å². The van der Waals surface area contributed by atoms with Gasteiger partial charge >= 0.3 is 5.97 Å². The Morgan fingerprint density at radius 1 is 1.24 bits per heavy atom. The fourth-order valence-corrected chi connectivity index (χ4v) is 2.05.